The van der Waals surface area contributed by atoms with Gasteiger partial charge in [0.05, 0.1) is 5.41 Å². The minimum Gasteiger partial charge on any atom is -0.341 e. The first kappa shape index (κ1) is 15.9. The third-order valence-electron chi connectivity index (χ3n) is 4.18. The number of hydrogen-bond donors (Lipinski definition) is 1. The maximum absolute atomic E-state index is 13.2. The van der Waals surface area contributed by atoms with Crippen molar-refractivity contribution in [2.45, 2.75) is 32.7 Å². The minimum atomic E-state index is -0.876. The van der Waals surface area contributed by atoms with Gasteiger partial charge in [0, 0.05) is 20.1 Å². The second-order valence-corrected chi connectivity index (χ2v) is 5.87. The summed E-state index contributed by atoms with van der Waals surface area (Å²) in [7, 11) is 1.72. The molecule has 2 rings (SSSR count). The summed E-state index contributed by atoms with van der Waals surface area (Å²) in [6.45, 7) is 3.91. The predicted molar refractivity (Wildman–Crippen MR) is 77.7 cm³/mol. The summed E-state index contributed by atoms with van der Waals surface area (Å²) in [5, 5.41) is 3.26. The molecule has 5 heteroatoms. The van der Waals surface area contributed by atoms with Gasteiger partial charge in [0.15, 0.2) is 11.6 Å². The number of halogens is 2. The van der Waals surface area contributed by atoms with Crippen molar-refractivity contribution in [3.63, 3.8) is 0 Å². The minimum absolute atomic E-state index is 0.0825. The molecule has 0 bridgehead atoms. The quantitative estimate of drug-likeness (QED) is 0.906. The van der Waals surface area contributed by atoms with Gasteiger partial charge in [0.25, 0.3) is 0 Å². The smallest absolute Gasteiger partial charge is 0.230 e. The molecule has 1 aromatic carbocycles. The number of carbonyl (C=O) groups is 1. The topological polar surface area (TPSA) is 32.3 Å². The van der Waals surface area contributed by atoms with E-state index in [0.717, 1.165) is 37.9 Å². The van der Waals surface area contributed by atoms with Gasteiger partial charge >= 0.3 is 0 Å². The first-order valence-electron chi connectivity index (χ1n) is 7.39. The molecule has 0 spiro atoms. The van der Waals surface area contributed by atoms with Crippen molar-refractivity contribution in [2.24, 2.45) is 5.41 Å². The maximum Gasteiger partial charge on any atom is 0.230 e. The summed E-state index contributed by atoms with van der Waals surface area (Å²) in [5.41, 5.74) is 0.254. The largest absolute Gasteiger partial charge is 0.341 e. The molecular formula is C16H22F2N2O. The van der Waals surface area contributed by atoms with Crippen LogP contribution in [0.5, 0.6) is 0 Å². The monoisotopic (exact) mass is 296 g/mol. The van der Waals surface area contributed by atoms with Gasteiger partial charge < -0.3 is 10.2 Å². The molecule has 1 amide bonds. The van der Waals surface area contributed by atoms with Gasteiger partial charge in [-0.15, -0.1) is 0 Å². The van der Waals surface area contributed by atoms with E-state index in [-0.39, 0.29) is 11.3 Å². The molecule has 1 aromatic rings. The first-order valence-corrected chi connectivity index (χ1v) is 7.39. The van der Waals surface area contributed by atoms with Crippen molar-refractivity contribution in [1.29, 1.82) is 0 Å². The van der Waals surface area contributed by atoms with Gasteiger partial charge in [0.2, 0.25) is 5.91 Å². The van der Waals surface area contributed by atoms with Gasteiger partial charge in [-0.3, -0.25) is 4.79 Å². The van der Waals surface area contributed by atoms with Crippen LogP contribution in [0.4, 0.5) is 8.78 Å². The predicted octanol–water partition coefficient (Wildman–Crippen LogP) is 2.70. The Morgan fingerprint density at radius 1 is 1.38 bits per heavy atom. The molecule has 3 nitrogen and oxygen atoms in total. The Labute approximate surface area is 124 Å². The Balaban J connectivity index is 2.09. The molecule has 1 fully saturated rings. The molecule has 0 aliphatic carbocycles. The van der Waals surface area contributed by atoms with Crippen LogP contribution in [0.25, 0.3) is 0 Å². The van der Waals surface area contributed by atoms with E-state index in [9.17, 15) is 13.6 Å². The lowest BCUT2D eigenvalue weighted by Crippen LogP contribution is -2.43. The molecule has 1 N–H and O–H groups in total. The number of carbonyl (C=O) groups excluding carboxylic acids is 1. The normalized spacial score (nSPS) is 21.5. The van der Waals surface area contributed by atoms with E-state index < -0.39 is 11.6 Å². The zero-order valence-electron chi connectivity index (χ0n) is 12.6. The van der Waals surface area contributed by atoms with E-state index in [1.165, 1.54) is 6.07 Å². The fourth-order valence-electron chi connectivity index (χ4n) is 3.11. The molecule has 116 valence electrons. The fourth-order valence-corrected chi connectivity index (χ4v) is 3.11. The number of rotatable bonds is 5. The van der Waals surface area contributed by atoms with E-state index in [4.69, 9.17) is 0 Å². The summed E-state index contributed by atoms with van der Waals surface area (Å²) >= 11 is 0. The summed E-state index contributed by atoms with van der Waals surface area (Å²) in [6.07, 6.45) is 2.63. The molecule has 21 heavy (non-hydrogen) atoms. The molecule has 1 aliphatic rings. The van der Waals surface area contributed by atoms with Crippen LogP contribution in [0.3, 0.4) is 0 Å². The maximum atomic E-state index is 13.2. The molecule has 1 atom stereocenters. The van der Waals surface area contributed by atoms with Gasteiger partial charge in [-0.05, 0) is 37.1 Å². The highest BCUT2D eigenvalue weighted by Crippen LogP contribution is 2.33. The van der Waals surface area contributed by atoms with Crippen molar-refractivity contribution in [2.75, 3.05) is 20.1 Å². The SMILES string of the molecule is CCCC1(C(=O)N(C)Cc2ccc(F)c(F)c2)CCNC1. The third kappa shape index (κ3) is 3.40. The number of nitrogens with one attached hydrogen (secondary N) is 1. The highest BCUT2D eigenvalue weighted by atomic mass is 19.2. The highest BCUT2D eigenvalue weighted by Gasteiger charge is 2.41. The van der Waals surface area contributed by atoms with Crippen LogP contribution in [-0.4, -0.2) is 30.9 Å². The number of benzene rings is 1. The van der Waals surface area contributed by atoms with Gasteiger partial charge in [-0.2, -0.15) is 0 Å². The Bertz CT molecular complexity index is 513. The molecule has 1 aliphatic heterocycles. The molecule has 0 saturated carbocycles. The Morgan fingerprint density at radius 3 is 2.71 bits per heavy atom. The molecule has 1 saturated heterocycles. The number of hydrogen-bond acceptors (Lipinski definition) is 2. The Hall–Kier alpha value is -1.49. The zero-order valence-corrected chi connectivity index (χ0v) is 12.6. The third-order valence-corrected chi connectivity index (χ3v) is 4.18. The van der Waals surface area contributed by atoms with Crippen LogP contribution in [0.15, 0.2) is 18.2 Å². The molecule has 0 aromatic heterocycles. The lowest BCUT2D eigenvalue weighted by atomic mass is 9.81. The van der Waals surface area contributed by atoms with Crippen LogP contribution < -0.4 is 5.32 Å². The van der Waals surface area contributed by atoms with Gasteiger partial charge in [-0.25, -0.2) is 8.78 Å². The van der Waals surface area contributed by atoms with Crippen molar-refractivity contribution in [3.8, 4) is 0 Å². The van der Waals surface area contributed by atoms with Crippen LogP contribution in [0.1, 0.15) is 31.7 Å². The van der Waals surface area contributed by atoms with Crippen molar-refractivity contribution < 1.29 is 13.6 Å². The molecular weight excluding hydrogens is 274 g/mol. The second-order valence-electron chi connectivity index (χ2n) is 5.87. The van der Waals surface area contributed by atoms with E-state index in [2.05, 4.69) is 12.2 Å². The van der Waals surface area contributed by atoms with Gasteiger partial charge in [-0.1, -0.05) is 19.4 Å². The average Bonchev–Trinajstić information content (AvgIpc) is 2.92. The zero-order chi connectivity index (χ0) is 15.5. The lowest BCUT2D eigenvalue weighted by Gasteiger charge is -2.31. The van der Waals surface area contributed by atoms with Crippen molar-refractivity contribution >= 4 is 5.91 Å². The molecule has 0 radical (unpaired) electrons. The average molecular weight is 296 g/mol. The van der Waals surface area contributed by atoms with Crippen LogP contribution in [0.2, 0.25) is 0 Å². The van der Waals surface area contributed by atoms with E-state index in [1.807, 2.05) is 0 Å². The van der Waals surface area contributed by atoms with Crippen molar-refractivity contribution in [1.82, 2.24) is 10.2 Å². The second kappa shape index (κ2) is 6.52. The first-order chi connectivity index (χ1) is 9.98. The van der Waals surface area contributed by atoms with Gasteiger partial charge in [0.1, 0.15) is 0 Å². The number of amides is 1. The van der Waals surface area contributed by atoms with E-state index in [1.54, 1.807) is 11.9 Å². The van der Waals surface area contributed by atoms with E-state index >= 15 is 0 Å². The summed E-state index contributed by atoms with van der Waals surface area (Å²) in [4.78, 5) is 14.4. The molecule has 1 unspecified atom stereocenters. The Kier molecular flexibility index (Phi) is 4.93. The van der Waals surface area contributed by atoms with Crippen LogP contribution >= 0.6 is 0 Å². The van der Waals surface area contributed by atoms with Crippen LogP contribution in [-0.2, 0) is 11.3 Å². The number of nitrogens with zero attached hydrogens (tertiary/aromatic N) is 1. The molecule has 1 heterocycles. The summed E-state index contributed by atoms with van der Waals surface area (Å²) < 4.78 is 26.2. The van der Waals surface area contributed by atoms with Crippen molar-refractivity contribution in [3.05, 3.63) is 35.4 Å². The summed E-state index contributed by atoms with van der Waals surface area (Å²) in [6, 6.07) is 3.77. The lowest BCUT2D eigenvalue weighted by molar-refractivity contribution is -0.140. The Morgan fingerprint density at radius 2 is 2.14 bits per heavy atom. The highest BCUT2D eigenvalue weighted by molar-refractivity contribution is 5.83. The van der Waals surface area contributed by atoms with Crippen LogP contribution in [0, 0.1) is 17.0 Å². The fraction of sp³-hybridized carbons (Fsp3) is 0.562. The standard InChI is InChI=1S/C16H22F2N2O/c1-3-6-16(7-8-19-11-16)15(21)20(2)10-12-4-5-13(17)14(18)9-12/h4-5,9,19H,3,6-8,10-11H2,1-2H3. The summed E-state index contributed by atoms with van der Waals surface area (Å²) in [5.74, 6) is -1.66. The van der Waals surface area contributed by atoms with E-state index in [0.29, 0.717) is 18.7 Å².